The Labute approximate surface area is 775 Å². The van der Waals surface area contributed by atoms with Crippen molar-refractivity contribution in [1.82, 2.24) is 46.5 Å². The molecule has 0 aliphatic rings. The van der Waals surface area contributed by atoms with E-state index in [0.29, 0.717) is 0 Å². The average Bonchev–Trinajstić information content (AvgIpc) is 1.57. The number of hydrogen-bond acceptors (Lipinski definition) is 6. The summed E-state index contributed by atoms with van der Waals surface area (Å²) in [4.78, 5) is 10.0. The van der Waals surface area contributed by atoms with Gasteiger partial charge in [-0.3, -0.25) is 22.8 Å². The Bertz CT molecular complexity index is 9410. The van der Waals surface area contributed by atoms with Crippen molar-refractivity contribution in [2.24, 2.45) is 0 Å². The summed E-state index contributed by atoms with van der Waals surface area (Å²) < 4.78 is 42.8. The molecule has 0 bridgehead atoms. The van der Waals surface area contributed by atoms with E-state index >= 15 is 0 Å². The van der Waals surface area contributed by atoms with Gasteiger partial charge in [-0.05, 0) is 216 Å². The lowest BCUT2D eigenvalue weighted by molar-refractivity contribution is 0.641. The van der Waals surface area contributed by atoms with E-state index in [0.717, 1.165) is 179 Å². The highest BCUT2D eigenvalue weighted by atomic mass is 16.4. The predicted molar refractivity (Wildman–Crippen MR) is 555 cm³/mol. The second kappa shape index (κ2) is 30.5. The van der Waals surface area contributed by atoms with Gasteiger partial charge in [-0.2, -0.15) is 0 Å². The molecule has 0 N–H and O–H groups in total. The van der Waals surface area contributed by atoms with Gasteiger partial charge in [0.2, 0.25) is 22.9 Å². The van der Waals surface area contributed by atoms with Crippen molar-refractivity contribution >= 4 is 175 Å². The molecule has 30 rings (SSSR count). The summed E-state index contributed by atoms with van der Waals surface area (Å²) >= 11 is 0. The first-order valence-electron chi connectivity index (χ1n) is 45.8. The Balaban J connectivity index is 0.000000103. The molecule has 0 spiro atoms. The summed E-state index contributed by atoms with van der Waals surface area (Å²) in [7, 11) is 0. The standard InChI is InChI=1S/2C45H28N4O.C32H20N2O2/c1-5-18-39-32(13-1)33-14-2-6-19-40(33)48(39)31-23-24-42-37(28-31)34-15-3-7-20-41(34)49(42)44-22-10-17-38(46-44)29-11-9-12-30(27-29)47-26-25-36-35-16-4-8-21-43(35)50-45(36)47;1-5-16-39-33(12-1)34-13-2-6-17-40(34)49(39)32-20-21-42-38(28-32)35-14-3-7-18-41(35)48(42)31-11-9-10-29(26-31)30-22-24-46-44(27-30)47-25-23-37-36-15-4-8-19-43(36)50-45(37)47;1-3-13-29-25(11-1)27-15-17-33(31(27)35-29)23-9-5-7-21(19-23)22-8-6-10-24(20-22)34-18-16-28-26-12-2-4-14-30(26)36-32(28)34/h2*1-28H;1-20H. The van der Waals surface area contributed by atoms with Crippen molar-refractivity contribution in [2.45, 2.75) is 0 Å². The fourth-order valence-corrected chi connectivity index (χ4v) is 21.1. The molecule has 16 aromatic carbocycles. The first-order chi connectivity index (χ1) is 67.4. The lowest BCUT2D eigenvalue weighted by Gasteiger charge is -2.12. The number of hydrogen-bond donors (Lipinski definition) is 0. The van der Waals surface area contributed by atoms with E-state index in [1.165, 1.54) is 76.2 Å². The fraction of sp³-hybridized carbons (Fsp3) is 0. The van der Waals surface area contributed by atoms with Gasteiger partial charge in [0.15, 0.2) is 0 Å². The zero-order chi connectivity index (χ0) is 89.2. The van der Waals surface area contributed by atoms with Crippen molar-refractivity contribution in [3.8, 4) is 79.3 Å². The Hall–Kier alpha value is -18.7. The number of rotatable bonds is 11. The van der Waals surface area contributed by atoms with Crippen LogP contribution in [0, 0.1) is 0 Å². The van der Waals surface area contributed by atoms with Crippen LogP contribution in [0.3, 0.4) is 0 Å². The van der Waals surface area contributed by atoms with Gasteiger partial charge >= 0.3 is 0 Å². The van der Waals surface area contributed by atoms with Crippen molar-refractivity contribution in [1.29, 1.82) is 0 Å². The topological polar surface area (TPSA) is 118 Å². The molecule has 0 aliphatic heterocycles. The molecule has 136 heavy (non-hydrogen) atoms. The third-order valence-corrected chi connectivity index (χ3v) is 27.3. The van der Waals surface area contributed by atoms with Crippen LogP contribution in [0.25, 0.3) is 255 Å². The molecule has 14 aromatic heterocycles. The minimum atomic E-state index is 0.801. The lowest BCUT2D eigenvalue weighted by atomic mass is 10.0. The minimum Gasteiger partial charge on any atom is -0.439 e. The highest BCUT2D eigenvalue weighted by Crippen LogP contribution is 2.44. The van der Waals surface area contributed by atoms with Crippen LogP contribution < -0.4 is 0 Å². The first-order valence-corrected chi connectivity index (χ1v) is 45.8. The molecule has 0 unspecified atom stereocenters. The molecule has 14 nitrogen and oxygen atoms in total. The Morgan fingerprint density at radius 2 is 0.456 bits per heavy atom. The second-order valence-corrected chi connectivity index (χ2v) is 34.8. The van der Waals surface area contributed by atoms with E-state index < -0.39 is 0 Å². The summed E-state index contributed by atoms with van der Waals surface area (Å²) in [5, 5.41) is 18.8. The van der Waals surface area contributed by atoms with Crippen LogP contribution >= 0.6 is 0 Å². The van der Waals surface area contributed by atoms with Gasteiger partial charge in [0, 0.05) is 157 Å². The highest BCUT2D eigenvalue weighted by Gasteiger charge is 2.24. The molecule has 0 fully saturated rings. The molecule has 0 atom stereocenters. The quantitative estimate of drug-likeness (QED) is 0.127. The van der Waals surface area contributed by atoms with Gasteiger partial charge in [-0.25, -0.2) is 9.97 Å². The number of benzene rings is 16. The number of para-hydroxylation sites is 10. The largest absolute Gasteiger partial charge is 0.439 e. The molecule has 30 aromatic rings. The van der Waals surface area contributed by atoms with Crippen molar-refractivity contribution < 1.29 is 17.7 Å². The van der Waals surface area contributed by atoms with E-state index in [-0.39, 0.29) is 0 Å². The minimum absolute atomic E-state index is 0.801. The van der Waals surface area contributed by atoms with Gasteiger partial charge in [0.1, 0.15) is 34.0 Å². The Morgan fingerprint density at radius 1 is 0.169 bits per heavy atom. The molecule has 638 valence electrons. The number of nitrogens with zero attached hydrogens (tertiary/aromatic N) is 10. The highest BCUT2D eigenvalue weighted by molar-refractivity contribution is 6.16. The van der Waals surface area contributed by atoms with Crippen LogP contribution in [0.1, 0.15) is 0 Å². The van der Waals surface area contributed by atoms with Gasteiger partial charge in [0.25, 0.3) is 0 Å². The van der Waals surface area contributed by atoms with Gasteiger partial charge < -0.3 is 31.4 Å². The molecule has 14 heterocycles. The van der Waals surface area contributed by atoms with E-state index in [2.05, 4.69) is 415 Å². The predicted octanol–water partition coefficient (Wildman–Crippen LogP) is 32.0. The van der Waals surface area contributed by atoms with Crippen LogP contribution in [0.4, 0.5) is 0 Å². The maximum absolute atomic E-state index is 6.29. The lowest BCUT2D eigenvalue weighted by Crippen LogP contribution is -1.99. The maximum Gasteiger partial charge on any atom is 0.213 e. The molecule has 0 radical (unpaired) electrons. The van der Waals surface area contributed by atoms with E-state index in [9.17, 15) is 0 Å². The number of fused-ring (bicyclic) bond motifs is 24. The molecule has 0 aliphatic carbocycles. The molecule has 0 saturated heterocycles. The molecular formula is C122H76N10O4. The van der Waals surface area contributed by atoms with Gasteiger partial charge in [-0.1, -0.05) is 237 Å². The summed E-state index contributed by atoms with van der Waals surface area (Å²) in [5.74, 6) is 1.70. The van der Waals surface area contributed by atoms with E-state index in [4.69, 9.17) is 27.6 Å². The van der Waals surface area contributed by atoms with Crippen LogP contribution in [-0.4, -0.2) is 46.5 Å². The summed E-state index contributed by atoms with van der Waals surface area (Å²) in [6.07, 6.45) is 10.1. The van der Waals surface area contributed by atoms with Gasteiger partial charge in [0.05, 0.1) is 49.8 Å². The van der Waals surface area contributed by atoms with Crippen molar-refractivity contribution in [3.05, 3.63) is 462 Å². The van der Waals surface area contributed by atoms with Crippen molar-refractivity contribution in [3.63, 3.8) is 0 Å². The van der Waals surface area contributed by atoms with Crippen molar-refractivity contribution in [2.75, 3.05) is 0 Å². The summed E-state index contributed by atoms with van der Waals surface area (Å²) in [6, 6.07) is 152. The third-order valence-electron chi connectivity index (χ3n) is 27.3. The summed E-state index contributed by atoms with van der Waals surface area (Å²) in [6.45, 7) is 0. The van der Waals surface area contributed by atoms with E-state index in [1.807, 2.05) is 83.7 Å². The Kier molecular flexibility index (Phi) is 17.1. The number of furan rings is 4. The number of aromatic nitrogens is 10. The van der Waals surface area contributed by atoms with E-state index in [1.54, 1.807) is 0 Å². The smallest absolute Gasteiger partial charge is 0.213 e. The third kappa shape index (κ3) is 12.1. The average molecular weight is 1750 g/mol. The SMILES string of the molecule is c1cc(-c2cccc(-n3c4ccccc4c4cc(-n5c6ccccc6c6ccccc65)ccc43)n2)cc(-n2ccc3c4ccccc4oc32)c1.c1cc(-c2cccc(-n3ccc4c5ccccc5oc43)c2)cc(-n2ccc3c4ccccc4oc32)c1.c1cc(-c2ccnc(-n3ccc4c5ccccc5oc43)c2)cc(-n2c3ccccc3c3cc(-n4c5ccccc5c5ccccc54)ccc32)c1. The molecule has 14 heteroatoms. The van der Waals surface area contributed by atoms with Crippen LogP contribution in [0.2, 0.25) is 0 Å². The number of pyridine rings is 2. The second-order valence-electron chi connectivity index (χ2n) is 34.8. The first kappa shape index (κ1) is 76.2. The van der Waals surface area contributed by atoms with Crippen LogP contribution in [0.5, 0.6) is 0 Å². The fourth-order valence-electron chi connectivity index (χ4n) is 21.1. The Morgan fingerprint density at radius 3 is 0.860 bits per heavy atom. The summed E-state index contributed by atoms with van der Waals surface area (Å²) in [5.41, 5.74) is 29.4. The zero-order valence-corrected chi connectivity index (χ0v) is 73.0. The monoisotopic (exact) mass is 1740 g/mol. The molecule has 0 amide bonds. The molecular weight excluding hydrogens is 1670 g/mol. The van der Waals surface area contributed by atoms with Crippen LogP contribution in [0.15, 0.2) is 479 Å². The zero-order valence-electron chi connectivity index (χ0n) is 73.0. The normalized spacial score (nSPS) is 12.0. The molecule has 0 saturated carbocycles. The maximum atomic E-state index is 6.29. The van der Waals surface area contributed by atoms with Gasteiger partial charge in [-0.15, -0.1) is 0 Å². The van der Waals surface area contributed by atoms with Crippen LogP contribution in [-0.2, 0) is 0 Å².